The highest BCUT2D eigenvalue weighted by atomic mass is 16.4. The minimum atomic E-state index is -1.35. The molecule has 0 aromatic carbocycles. The quantitative estimate of drug-likeness (QED) is 0.0631. The lowest BCUT2D eigenvalue weighted by molar-refractivity contribution is -0.142. The zero-order chi connectivity index (χ0) is 25.6. The third kappa shape index (κ3) is 12.9. The molecule has 14 nitrogen and oxygen atoms in total. The van der Waals surface area contributed by atoms with E-state index < -0.39 is 54.3 Å². The number of carboxylic acids is 1. The molecule has 0 saturated carbocycles. The second-order valence-corrected chi connectivity index (χ2v) is 7.64. The maximum absolute atomic E-state index is 12.6. The molecule has 4 atom stereocenters. The third-order valence-electron chi connectivity index (χ3n) is 4.91. The Morgan fingerprint density at radius 1 is 0.970 bits per heavy atom. The maximum Gasteiger partial charge on any atom is 0.326 e. The molecular formula is C19H36N8O6. The molecule has 0 bridgehead atoms. The van der Waals surface area contributed by atoms with Crippen molar-refractivity contribution < 1.29 is 29.1 Å². The second-order valence-electron chi connectivity index (χ2n) is 7.64. The van der Waals surface area contributed by atoms with Gasteiger partial charge < -0.3 is 43.6 Å². The molecule has 0 aliphatic carbocycles. The summed E-state index contributed by atoms with van der Waals surface area (Å²) in [6, 6.07) is -3.19. The number of hydrogen-bond donors (Lipinski definition) is 9. The van der Waals surface area contributed by atoms with Crippen molar-refractivity contribution in [2.75, 3.05) is 13.1 Å². The number of carbonyl (C=O) groups excluding carboxylic acids is 4. The number of primary amides is 1. The van der Waals surface area contributed by atoms with E-state index in [1.165, 1.54) is 0 Å². The number of hydrogen-bond acceptors (Lipinski definition) is 7. The summed E-state index contributed by atoms with van der Waals surface area (Å²) >= 11 is 0. The monoisotopic (exact) mass is 472 g/mol. The summed E-state index contributed by atoms with van der Waals surface area (Å²) in [4.78, 5) is 59.1. The van der Waals surface area contributed by atoms with Crippen LogP contribution in [0.1, 0.15) is 46.0 Å². The molecule has 0 rings (SSSR count). The Labute approximate surface area is 192 Å². The molecule has 0 aliphatic heterocycles. The number of carboxylic acid groups (broad SMARTS) is 1. The van der Waals surface area contributed by atoms with Crippen LogP contribution in [0.2, 0.25) is 0 Å². The number of rotatable bonds is 16. The van der Waals surface area contributed by atoms with Gasteiger partial charge in [0.25, 0.3) is 0 Å². The highest BCUT2D eigenvalue weighted by molar-refractivity contribution is 5.92. The lowest BCUT2D eigenvalue weighted by atomic mass is 9.98. The van der Waals surface area contributed by atoms with E-state index in [0.717, 1.165) is 0 Å². The number of nitrogens with one attached hydrogen (secondary N) is 5. The summed E-state index contributed by atoms with van der Waals surface area (Å²) in [5.41, 5.74) is 16.1. The fraction of sp³-hybridized carbons (Fsp3) is 0.684. The van der Waals surface area contributed by atoms with Crippen molar-refractivity contribution in [3.63, 3.8) is 0 Å². The van der Waals surface area contributed by atoms with Gasteiger partial charge in [-0.3, -0.25) is 24.6 Å². The van der Waals surface area contributed by atoms with E-state index in [9.17, 15) is 24.0 Å². The predicted molar refractivity (Wildman–Crippen MR) is 120 cm³/mol. The van der Waals surface area contributed by atoms with Gasteiger partial charge in [0.15, 0.2) is 5.96 Å². The molecule has 0 spiro atoms. The minimum absolute atomic E-state index is 0.118. The fourth-order valence-corrected chi connectivity index (χ4v) is 2.66. The van der Waals surface area contributed by atoms with Gasteiger partial charge in [-0.1, -0.05) is 20.3 Å². The van der Waals surface area contributed by atoms with Crippen LogP contribution in [0.25, 0.3) is 0 Å². The lowest BCUT2D eigenvalue weighted by Gasteiger charge is -2.23. The van der Waals surface area contributed by atoms with Gasteiger partial charge in [0.05, 0.1) is 12.6 Å². The van der Waals surface area contributed by atoms with E-state index in [1.54, 1.807) is 6.92 Å². The van der Waals surface area contributed by atoms with E-state index in [2.05, 4.69) is 21.3 Å². The summed E-state index contributed by atoms with van der Waals surface area (Å²) in [7, 11) is 0. The normalized spacial score (nSPS) is 14.2. The van der Waals surface area contributed by atoms with Crippen molar-refractivity contribution in [2.24, 2.45) is 23.1 Å². The first-order chi connectivity index (χ1) is 15.4. The van der Waals surface area contributed by atoms with Crippen molar-refractivity contribution >= 4 is 35.6 Å². The average Bonchev–Trinajstić information content (AvgIpc) is 2.74. The smallest absolute Gasteiger partial charge is 0.326 e. The van der Waals surface area contributed by atoms with E-state index in [-0.39, 0.29) is 37.7 Å². The number of guanidine groups is 1. The van der Waals surface area contributed by atoms with Crippen LogP contribution >= 0.6 is 0 Å². The zero-order valence-electron chi connectivity index (χ0n) is 19.0. The van der Waals surface area contributed by atoms with Crippen LogP contribution in [0.3, 0.4) is 0 Å². The lowest BCUT2D eigenvalue weighted by Crippen LogP contribution is -2.54. The molecule has 0 saturated heterocycles. The molecule has 0 aliphatic rings. The summed E-state index contributed by atoms with van der Waals surface area (Å²) < 4.78 is 0. The summed E-state index contributed by atoms with van der Waals surface area (Å²) in [5.74, 6) is -4.39. The van der Waals surface area contributed by atoms with Gasteiger partial charge in [0.1, 0.15) is 12.1 Å². The molecular weight excluding hydrogens is 436 g/mol. The second kappa shape index (κ2) is 15.4. The van der Waals surface area contributed by atoms with Gasteiger partial charge in [-0.25, -0.2) is 4.79 Å². The zero-order valence-corrected chi connectivity index (χ0v) is 19.0. The SMILES string of the molecule is CC[C@H](C)[C@H](N)C(=O)N[C@@H](CCCNC(=N)N)C(=O)NCC(=O)N[C@@H](CCC(N)=O)C(=O)O. The predicted octanol–water partition coefficient (Wildman–Crippen LogP) is -2.94. The molecule has 188 valence electrons. The maximum atomic E-state index is 12.6. The van der Waals surface area contributed by atoms with Crippen molar-refractivity contribution in [1.82, 2.24) is 21.3 Å². The van der Waals surface area contributed by atoms with Gasteiger partial charge in [-0.15, -0.1) is 0 Å². The van der Waals surface area contributed by atoms with Crippen LogP contribution < -0.4 is 38.5 Å². The molecule has 0 unspecified atom stereocenters. The Morgan fingerprint density at radius 2 is 1.61 bits per heavy atom. The molecule has 0 fully saturated rings. The van der Waals surface area contributed by atoms with E-state index >= 15 is 0 Å². The Bertz CT molecular complexity index is 716. The van der Waals surface area contributed by atoms with Gasteiger partial charge in [0, 0.05) is 13.0 Å². The standard InChI is InChI=1S/C19H36N8O6/c1-3-10(2)15(21)17(31)27-11(5-4-8-24-19(22)23)16(30)25-9-14(29)26-12(18(32)33)6-7-13(20)28/h10-12,15H,3-9,21H2,1-2H3,(H2,20,28)(H,25,30)(H,26,29)(H,27,31)(H,32,33)(H4,22,23,24)/t10-,11-,12-,15-/m0/s1. The molecule has 0 heterocycles. The van der Waals surface area contributed by atoms with Crippen molar-refractivity contribution in [1.29, 1.82) is 5.41 Å². The number of nitrogens with two attached hydrogens (primary N) is 3. The molecule has 14 heteroatoms. The first-order valence-corrected chi connectivity index (χ1v) is 10.6. The minimum Gasteiger partial charge on any atom is -0.480 e. The molecule has 4 amide bonds. The van der Waals surface area contributed by atoms with Crippen LogP contribution in [-0.4, -0.2) is 71.9 Å². The summed E-state index contributed by atoms with van der Waals surface area (Å²) in [5, 5.41) is 26.0. The van der Waals surface area contributed by atoms with Gasteiger partial charge in [0.2, 0.25) is 23.6 Å². The van der Waals surface area contributed by atoms with Gasteiger partial charge in [-0.05, 0) is 25.2 Å². The van der Waals surface area contributed by atoms with E-state index in [4.69, 9.17) is 27.7 Å². The Hall–Kier alpha value is -3.42. The van der Waals surface area contributed by atoms with Crippen LogP contribution in [0, 0.1) is 11.3 Å². The Morgan fingerprint density at radius 3 is 2.12 bits per heavy atom. The van der Waals surface area contributed by atoms with Gasteiger partial charge in [-0.2, -0.15) is 0 Å². The third-order valence-corrected chi connectivity index (χ3v) is 4.91. The highest BCUT2D eigenvalue weighted by Crippen LogP contribution is 2.07. The fourth-order valence-electron chi connectivity index (χ4n) is 2.66. The van der Waals surface area contributed by atoms with Crippen LogP contribution in [0.5, 0.6) is 0 Å². The van der Waals surface area contributed by atoms with E-state index in [0.29, 0.717) is 12.8 Å². The van der Waals surface area contributed by atoms with Gasteiger partial charge >= 0.3 is 5.97 Å². The molecule has 0 aromatic heterocycles. The van der Waals surface area contributed by atoms with Crippen molar-refractivity contribution in [3.8, 4) is 0 Å². The van der Waals surface area contributed by atoms with Crippen molar-refractivity contribution in [2.45, 2.75) is 64.1 Å². The largest absolute Gasteiger partial charge is 0.480 e. The Balaban J connectivity index is 4.98. The molecule has 0 radical (unpaired) electrons. The first kappa shape index (κ1) is 29.6. The molecule has 0 aromatic rings. The summed E-state index contributed by atoms with van der Waals surface area (Å²) in [6.07, 6.45) is 0.775. The molecule has 12 N–H and O–H groups in total. The number of aliphatic carboxylic acids is 1. The Kier molecular flexibility index (Phi) is 13.8. The number of carbonyl (C=O) groups is 5. The average molecular weight is 473 g/mol. The molecule has 33 heavy (non-hydrogen) atoms. The number of amides is 4. The van der Waals surface area contributed by atoms with Crippen molar-refractivity contribution in [3.05, 3.63) is 0 Å². The van der Waals surface area contributed by atoms with Crippen LogP contribution in [0.4, 0.5) is 0 Å². The highest BCUT2D eigenvalue weighted by Gasteiger charge is 2.27. The van der Waals surface area contributed by atoms with E-state index in [1.807, 2.05) is 6.92 Å². The topological polar surface area (TPSA) is 256 Å². The first-order valence-electron chi connectivity index (χ1n) is 10.6. The van der Waals surface area contributed by atoms with Crippen LogP contribution in [-0.2, 0) is 24.0 Å². The summed E-state index contributed by atoms with van der Waals surface area (Å²) in [6.45, 7) is 3.42. The van der Waals surface area contributed by atoms with Crippen LogP contribution in [0.15, 0.2) is 0 Å².